The minimum absolute atomic E-state index is 0.000000000000000444. The summed E-state index contributed by atoms with van der Waals surface area (Å²) < 4.78 is 4.47. The molecule has 0 spiro atoms. The molecule has 0 aromatic carbocycles. The maximum Gasteiger partial charge on any atom is 0.211 e. The van der Waals surface area contributed by atoms with E-state index in [1.165, 1.54) is 12.3 Å². The second kappa shape index (κ2) is 2.34. The Labute approximate surface area is 56.1 Å². The van der Waals surface area contributed by atoms with Gasteiger partial charge >= 0.3 is 0 Å². The SMILES string of the molecule is O=C([O-])C(=O)c1ccoc1. The molecule has 0 fully saturated rings. The highest BCUT2D eigenvalue weighted by Gasteiger charge is 2.06. The summed E-state index contributed by atoms with van der Waals surface area (Å²) in [6.45, 7) is 0. The Morgan fingerprint density at radius 1 is 1.50 bits per heavy atom. The van der Waals surface area contributed by atoms with Crippen LogP contribution in [-0.4, -0.2) is 11.8 Å². The van der Waals surface area contributed by atoms with Crippen molar-refractivity contribution in [3.8, 4) is 0 Å². The largest absolute Gasteiger partial charge is 0.541 e. The van der Waals surface area contributed by atoms with Crippen molar-refractivity contribution in [1.82, 2.24) is 0 Å². The molecule has 1 aromatic rings. The van der Waals surface area contributed by atoms with Gasteiger partial charge in [0.1, 0.15) is 12.2 Å². The standard InChI is InChI=1S/C6H4O4/c7-5(6(8)9)4-1-2-10-3-4/h1-3H,(H,8,9)/p-1. The quantitative estimate of drug-likeness (QED) is 0.397. The van der Waals surface area contributed by atoms with Crippen LogP contribution in [0.2, 0.25) is 0 Å². The summed E-state index contributed by atoms with van der Waals surface area (Å²) in [6.07, 6.45) is 2.27. The van der Waals surface area contributed by atoms with Gasteiger partial charge in [0.15, 0.2) is 0 Å². The predicted molar refractivity (Wildman–Crippen MR) is 28.0 cm³/mol. The van der Waals surface area contributed by atoms with Gasteiger partial charge in [-0.1, -0.05) is 0 Å². The van der Waals surface area contributed by atoms with Gasteiger partial charge in [0.2, 0.25) is 5.78 Å². The molecule has 0 atom stereocenters. The van der Waals surface area contributed by atoms with Crippen molar-refractivity contribution in [2.24, 2.45) is 0 Å². The smallest absolute Gasteiger partial charge is 0.211 e. The number of carboxylic acids is 1. The second-order valence-electron chi connectivity index (χ2n) is 1.63. The fourth-order valence-electron chi connectivity index (χ4n) is 0.512. The van der Waals surface area contributed by atoms with Crippen molar-refractivity contribution in [3.63, 3.8) is 0 Å². The summed E-state index contributed by atoms with van der Waals surface area (Å²) in [5.41, 5.74) is 0.000000000000000444. The van der Waals surface area contributed by atoms with Crippen LogP contribution >= 0.6 is 0 Å². The molecule has 0 aliphatic heterocycles. The van der Waals surface area contributed by atoms with Crippen LogP contribution in [0.25, 0.3) is 0 Å². The predicted octanol–water partition coefficient (Wildman–Crippen LogP) is -0.788. The molecule has 4 nitrogen and oxygen atoms in total. The van der Waals surface area contributed by atoms with E-state index in [4.69, 9.17) is 0 Å². The molecular weight excluding hydrogens is 136 g/mol. The van der Waals surface area contributed by atoms with Gasteiger partial charge in [-0.15, -0.1) is 0 Å². The summed E-state index contributed by atoms with van der Waals surface area (Å²) >= 11 is 0. The Kier molecular flexibility index (Phi) is 1.53. The van der Waals surface area contributed by atoms with Crippen LogP contribution in [0.3, 0.4) is 0 Å². The van der Waals surface area contributed by atoms with Gasteiger partial charge in [0.25, 0.3) is 0 Å². The lowest BCUT2D eigenvalue weighted by atomic mass is 10.2. The van der Waals surface area contributed by atoms with Gasteiger partial charge < -0.3 is 14.3 Å². The molecule has 0 saturated carbocycles. The minimum atomic E-state index is -1.72. The van der Waals surface area contributed by atoms with Gasteiger partial charge in [0, 0.05) is 0 Å². The highest BCUT2D eigenvalue weighted by Crippen LogP contribution is 1.99. The van der Waals surface area contributed by atoms with E-state index in [0.29, 0.717) is 0 Å². The number of hydrogen-bond acceptors (Lipinski definition) is 4. The van der Waals surface area contributed by atoms with Crippen molar-refractivity contribution in [2.75, 3.05) is 0 Å². The van der Waals surface area contributed by atoms with Crippen LogP contribution < -0.4 is 5.11 Å². The molecule has 10 heavy (non-hydrogen) atoms. The molecule has 0 radical (unpaired) electrons. The first-order valence-electron chi connectivity index (χ1n) is 2.49. The van der Waals surface area contributed by atoms with Gasteiger partial charge in [-0.05, 0) is 6.07 Å². The Hall–Kier alpha value is -1.58. The summed E-state index contributed by atoms with van der Waals surface area (Å²) in [6, 6.07) is 1.26. The van der Waals surface area contributed by atoms with Crippen molar-refractivity contribution in [1.29, 1.82) is 0 Å². The summed E-state index contributed by atoms with van der Waals surface area (Å²) in [4.78, 5) is 20.4. The van der Waals surface area contributed by atoms with Crippen LogP contribution in [0.4, 0.5) is 0 Å². The first-order chi connectivity index (χ1) is 4.72. The Morgan fingerprint density at radius 2 is 2.20 bits per heavy atom. The molecule has 0 unspecified atom stereocenters. The zero-order chi connectivity index (χ0) is 7.56. The van der Waals surface area contributed by atoms with Gasteiger partial charge in [-0.3, -0.25) is 4.79 Å². The average Bonchev–Trinajstić information content (AvgIpc) is 2.36. The fraction of sp³-hybridized carbons (Fsp3) is 0. The first kappa shape index (κ1) is 6.54. The molecule has 0 N–H and O–H groups in total. The lowest BCUT2D eigenvalue weighted by Gasteiger charge is -1.94. The van der Waals surface area contributed by atoms with E-state index in [2.05, 4.69) is 4.42 Å². The lowest BCUT2D eigenvalue weighted by molar-refractivity contribution is -0.296. The van der Waals surface area contributed by atoms with Gasteiger partial charge in [-0.2, -0.15) is 0 Å². The third kappa shape index (κ3) is 1.05. The third-order valence-electron chi connectivity index (χ3n) is 0.969. The van der Waals surface area contributed by atoms with E-state index >= 15 is 0 Å². The Bertz CT molecular complexity index is 247. The van der Waals surface area contributed by atoms with E-state index in [0.717, 1.165) is 6.26 Å². The average molecular weight is 139 g/mol. The van der Waals surface area contributed by atoms with Crippen LogP contribution in [-0.2, 0) is 4.79 Å². The summed E-state index contributed by atoms with van der Waals surface area (Å²) in [5.74, 6) is -2.78. The normalized spacial score (nSPS) is 9.20. The maximum atomic E-state index is 10.5. The monoisotopic (exact) mass is 139 g/mol. The van der Waals surface area contributed by atoms with E-state index < -0.39 is 11.8 Å². The number of aliphatic carboxylic acids is 1. The molecule has 0 aliphatic carbocycles. The first-order valence-corrected chi connectivity index (χ1v) is 2.49. The summed E-state index contributed by atoms with van der Waals surface area (Å²) in [5, 5.41) is 9.90. The van der Waals surface area contributed by atoms with Gasteiger partial charge in [-0.25, -0.2) is 0 Å². The molecule has 1 aromatic heterocycles. The number of ketones is 1. The Morgan fingerprint density at radius 3 is 2.60 bits per heavy atom. The molecule has 4 heteroatoms. The molecule has 1 heterocycles. The van der Waals surface area contributed by atoms with Gasteiger partial charge in [0.05, 0.1) is 11.8 Å². The third-order valence-corrected chi connectivity index (χ3v) is 0.969. The number of carboxylic acid groups (broad SMARTS) is 1. The van der Waals surface area contributed by atoms with Crippen LogP contribution in [0.15, 0.2) is 23.0 Å². The number of hydrogen-bond donors (Lipinski definition) is 0. The number of furan rings is 1. The molecule has 0 amide bonds. The number of carbonyl (C=O) groups excluding carboxylic acids is 2. The van der Waals surface area contributed by atoms with E-state index in [1.807, 2.05) is 0 Å². The van der Waals surface area contributed by atoms with Crippen molar-refractivity contribution < 1.29 is 19.1 Å². The highest BCUT2D eigenvalue weighted by atomic mass is 16.4. The number of carbonyl (C=O) groups is 2. The highest BCUT2D eigenvalue weighted by molar-refractivity contribution is 6.38. The summed E-state index contributed by atoms with van der Waals surface area (Å²) in [7, 11) is 0. The van der Waals surface area contributed by atoms with Crippen LogP contribution in [0, 0.1) is 0 Å². The van der Waals surface area contributed by atoms with Crippen molar-refractivity contribution in [3.05, 3.63) is 24.2 Å². The second-order valence-corrected chi connectivity index (χ2v) is 1.63. The molecular formula is C6H3O4-. The zero-order valence-electron chi connectivity index (χ0n) is 4.87. The molecule has 0 saturated heterocycles. The van der Waals surface area contributed by atoms with Crippen molar-refractivity contribution in [2.45, 2.75) is 0 Å². The van der Waals surface area contributed by atoms with Crippen molar-refractivity contribution >= 4 is 11.8 Å². The Balaban J connectivity index is 2.88. The van der Waals surface area contributed by atoms with E-state index in [-0.39, 0.29) is 5.56 Å². The lowest BCUT2D eigenvalue weighted by Crippen LogP contribution is -2.31. The molecule has 52 valence electrons. The van der Waals surface area contributed by atoms with E-state index in [9.17, 15) is 14.7 Å². The minimum Gasteiger partial charge on any atom is -0.541 e. The fourth-order valence-corrected chi connectivity index (χ4v) is 0.512. The number of Topliss-reactive ketones (excluding diaryl/α,β-unsaturated/α-hetero) is 1. The number of rotatable bonds is 2. The maximum absolute atomic E-state index is 10.5. The van der Waals surface area contributed by atoms with E-state index in [1.54, 1.807) is 0 Å². The topological polar surface area (TPSA) is 70.3 Å². The van der Waals surface area contributed by atoms with Crippen LogP contribution in [0.5, 0.6) is 0 Å². The zero-order valence-corrected chi connectivity index (χ0v) is 4.87. The molecule has 0 aliphatic rings. The molecule has 0 bridgehead atoms. The van der Waals surface area contributed by atoms with Crippen LogP contribution in [0.1, 0.15) is 10.4 Å². The molecule has 1 rings (SSSR count).